The lowest BCUT2D eigenvalue weighted by Crippen LogP contribution is -2.08. The second kappa shape index (κ2) is 5.46. The molecule has 1 aliphatic carbocycles. The first-order valence-electron chi connectivity index (χ1n) is 7.65. The fourth-order valence-electron chi connectivity index (χ4n) is 3.36. The van der Waals surface area contributed by atoms with Gasteiger partial charge in [-0.2, -0.15) is 0 Å². The lowest BCUT2D eigenvalue weighted by Gasteiger charge is -2.22. The number of halogens is 1. The van der Waals surface area contributed by atoms with Crippen molar-refractivity contribution in [2.45, 2.75) is 70.5 Å². The zero-order chi connectivity index (χ0) is 13.4. The van der Waals surface area contributed by atoms with E-state index in [-0.39, 0.29) is 0 Å². The monoisotopic (exact) mass is 278 g/mol. The molecule has 1 saturated heterocycles. The normalized spacial score (nSPS) is 26.9. The largest absolute Gasteiger partial charge is 0.370 e. The summed E-state index contributed by atoms with van der Waals surface area (Å²) in [5.74, 6) is 0.551. The Hall–Kier alpha value is -0.530. The molecular formula is C17H23ClO. The number of rotatable bonds is 4. The van der Waals surface area contributed by atoms with E-state index in [4.69, 9.17) is 16.3 Å². The molecule has 3 rings (SSSR count). The average Bonchev–Trinajstić information content (AvgIpc) is 3.11. The number of hydrogen-bond acceptors (Lipinski definition) is 1. The summed E-state index contributed by atoms with van der Waals surface area (Å²) in [6.45, 7) is 4.42. The summed E-state index contributed by atoms with van der Waals surface area (Å²) in [5, 5.41) is 0.973. The minimum atomic E-state index is 0.449. The van der Waals surface area contributed by atoms with Crippen molar-refractivity contribution in [2.24, 2.45) is 0 Å². The number of benzene rings is 1. The lowest BCUT2D eigenvalue weighted by atomic mass is 9.85. The van der Waals surface area contributed by atoms with E-state index in [1.807, 2.05) is 0 Å². The van der Waals surface area contributed by atoms with E-state index >= 15 is 0 Å². The van der Waals surface area contributed by atoms with Crippen LogP contribution in [0, 0.1) is 0 Å². The van der Waals surface area contributed by atoms with Crippen molar-refractivity contribution in [1.82, 2.24) is 0 Å². The van der Waals surface area contributed by atoms with E-state index < -0.39 is 0 Å². The van der Waals surface area contributed by atoms with E-state index in [0.717, 1.165) is 17.9 Å². The second-order valence-electron chi connectivity index (χ2n) is 6.07. The molecule has 0 radical (unpaired) electrons. The Bertz CT molecular complexity index is 469. The van der Waals surface area contributed by atoms with Crippen LogP contribution >= 0.6 is 11.6 Å². The summed E-state index contributed by atoms with van der Waals surface area (Å²) in [7, 11) is 0. The number of fused-ring (bicyclic) bond motifs is 1. The fraction of sp³-hybridized carbons (Fsp3) is 0.647. The number of hydrogen-bond donors (Lipinski definition) is 0. The molecule has 0 N–H and O–H groups in total. The SMILES string of the molecule is CCC(CC1OC1C)c1cc2c(cc1Cl)CCCC2. The first-order chi connectivity index (χ1) is 9.19. The Morgan fingerprint density at radius 1 is 1.26 bits per heavy atom. The van der Waals surface area contributed by atoms with Crippen LogP contribution in [0.15, 0.2) is 12.1 Å². The molecule has 104 valence electrons. The van der Waals surface area contributed by atoms with Gasteiger partial charge in [-0.15, -0.1) is 0 Å². The van der Waals surface area contributed by atoms with Gasteiger partial charge < -0.3 is 4.74 Å². The molecule has 0 spiro atoms. The minimum Gasteiger partial charge on any atom is -0.370 e. The number of ether oxygens (including phenoxy) is 1. The topological polar surface area (TPSA) is 12.5 Å². The molecule has 19 heavy (non-hydrogen) atoms. The molecule has 0 bridgehead atoms. The van der Waals surface area contributed by atoms with Crippen molar-refractivity contribution in [3.8, 4) is 0 Å². The molecule has 1 aromatic carbocycles. The van der Waals surface area contributed by atoms with Crippen LogP contribution in [0.1, 0.15) is 62.1 Å². The summed E-state index contributed by atoms with van der Waals surface area (Å²) >= 11 is 6.53. The fourth-order valence-corrected chi connectivity index (χ4v) is 3.70. The van der Waals surface area contributed by atoms with E-state index in [1.165, 1.54) is 42.4 Å². The van der Waals surface area contributed by atoms with Gasteiger partial charge in [-0.1, -0.05) is 24.6 Å². The van der Waals surface area contributed by atoms with Gasteiger partial charge in [-0.05, 0) is 74.1 Å². The van der Waals surface area contributed by atoms with Crippen LogP contribution < -0.4 is 0 Å². The Kier molecular flexibility index (Phi) is 3.86. The molecule has 1 aliphatic heterocycles. The molecule has 2 aliphatic rings. The van der Waals surface area contributed by atoms with Gasteiger partial charge in [0.25, 0.3) is 0 Å². The highest BCUT2D eigenvalue weighted by Gasteiger charge is 2.36. The maximum Gasteiger partial charge on any atom is 0.0844 e. The van der Waals surface area contributed by atoms with Gasteiger partial charge in [0.2, 0.25) is 0 Å². The standard InChI is InChI=1S/C17H23ClO/c1-3-12(10-17-11(2)19-17)15-8-13-6-4-5-7-14(13)9-16(15)18/h8-9,11-12,17H,3-7,10H2,1-2H3. The average molecular weight is 279 g/mol. The Labute approximate surface area is 121 Å². The Morgan fingerprint density at radius 2 is 1.89 bits per heavy atom. The highest BCUT2D eigenvalue weighted by atomic mass is 35.5. The predicted molar refractivity (Wildman–Crippen MR) is 80.1 cm³/mol. The van der Waals surface area contributed by atoms with Crippen molar-refractivity contribution < 1.29 is 4.74 Å². The van der Waals surface area contributed by atoms with Gasteiger partial charge in [-0.3, -0.25) is 0 Å². The molecule has 1 nitrogen and oxygen atoms in total. The zero-order valence-electron chi connectivity index (χ0n) is 11.9. The molecule has 0 aromatic heterocycles. The first-order valence-corrected chi connectivity index (χ1v) is 8.03. The number of epoxide rings is 1. The number of aryl methyl sites for hydroxylation is 2. The summed E-state index contributed by atoms with van der Waals surface area (Å²) in [5.41, 5.74) is 4.37. The highest BCUT2D eigenvalue weighted by Crippen LogP contribution is 2.39. The Balaban J connectivity index is 1.85. The van der Waals surface area contributed by atoms with Crippen LogP contribution in [0.3, 0.4) is 0 Å². The van der Waals surface area contributed by atoms with Crippen LogP contribution in [0.25, 0.3) is 0 Å². The predicted octanol–water partition coefficient (Wildman–Crippen LogP) is 4.89. The molecule has 1 aromatic rings. The summed E-state index contributed by atoms with van der Waals surface area (Å²) in [4.78, 5) is 0. The first kappa shape index (κ1) is 13.5. The quantitative estimate of drug-likeness (QED) is 0.715. The lowest BCUT2D eigenvalue weighted by molar-refractivity contribution is 0.357. The zero-order valence-corrected chi connectivity index (χ0v) is 12.7. The van der Waals surface area contributed by atoms with Crippen molar-refractivity contribution >= 4 is 11.6 Å². The van der Waals surface area contributed by atoms with Crippen LogP contribution in [0.5, 0.6) is 0 Å². The van der Waals surface area contributed by atoms with E-state index in [1.54, 1.807) is 0 Å². The molecule has 3 atom stereocenters. The molecule has 0 amide bonds. The van der Waals surface area contributed by atoms with Gasteiger partial charge in [0.15, 0.2) is 0 Å². The van der Waals surface area contributed by atoms with Crippen molar-refractivity contribution in [2.75, 3.05) is 0 Å². The minimum absolute atomic E-state index is 0.449. The van der Waals surface area contributed by atoms with Crippen molar-refractivity contribution in [3.63, 3.8) is 0 Å². The molecule has 1 fully saturated rings. The van der Waals surface area contributed by atoms with Crippen LogP contribution in [0.4, 0.5) is 0 Å². The van der Waals surface area contributed by atoms with E-state index in [9.17, 15) is 0 Å². The van der Waals surface area contributed by atoms with Crippen molar-refractivity contribution in [3.05, 3.63) is 33.8 Å². The highest BCUT2D eigenvalue weighted by molar-refractivity contribution is 6.31. The van der Waals surface area contributed by atoms with Gasteiger partial charge in [-0.25, -0.2) is 0 Å². The van der Waals surface area contributed by atoms with Gasteiger partial charge in [0.05, 0.1) is 12.2 Å². The van der Waals surface area contributed by atoms with Crippen LogP contribution in [-0.4, -0.2) is 12.2 Å². The maximum absolute atomic E-state index is 6.53. The smallest absolute Gasteiger partial charge is 0.0844 e. The molecule has 3 unspecified atom stereocenters. The van der Waals surface area contributed by atoms with Gasteiger partial charge >= 0.3 is 0 Å². The van der Waals surface area contributed by atoms with Gasteiger partial charge in [0, 0.05) is 5.02 Å². The van der Waals surface area contributed by atoms with E-state index in [0.29, 0.717) is 18.1 Å². The molecule has 2 heteroatoms. The summed E-state index contributed by atoms with van der Waals surface area (Å²) < 4.78 is 5.58. The third-order valence-corrected chi connectivity index (χ3v) is 5.07. The van der Waals surface area contributed by atoms with Crippen LogP contribution in [0.2, 0.25) is 5.02 Å². The van der Waals surface area contributed by atoms with Crippen LogP contribution in [-0.2, 0) is 17.6 Å². The van der Waals surface area contributed by atoms with E-state index in [2.05, 4.69) is 26.0 Å². The summed E-state index contributed by atoms with van der Waals surface area (Å²) in [6, 6.07) is 4.61. The van der Waals surface area contributed by atoms with Crippen molar-refractivity contribution in [1.29, 1.82) is 0 Å². The maximum atomic E-state index is 6.53. The summed E-state index contributed by atoms with van der Waals surface area (Å²) in [6.07, 6.45) is 8.24. The Morgan fingerprint density at radius 3 is 2.47 bits per heavy atom. The van der Waals surface area contributed by atoms with Gasteiger partial charge in [0.1, 0.15) is 0 Å². The third-order valence-electron chi connectivity index (χ3n) is 4.75. The molecular weight excluding hydrogens is 256 g/mol. The molecule has 0 saturated carbocycles. The third kappa shape index (κ3) is 2.83. The second-order valence-corrected chi connectivity index (χ2v) is 6.48. The molecule has 1 heterocycles.